The second kappa shape index (κ2) is 5.78. The first-order chi connectivity index (χ1) is 11.2. The van der Waals surface area contributed by atoms with Crippen molar-refractivity contribution in [2.75, 3.05) is 6.54 Å². The van der Waals surface area contributed by atoms with Crippen molar-refractivity contribution in [3.05, 3.63) is 59.1 Å². The number of nitrogens with zero attached hydrogens (tertiary/aromatic N) is 3. The summed E-state index contributed by atoms with van der Waals surface area (Å²) >= 11 is 0. The zero-order valence-corrected chi connectivity index (χ0v) is 13.6. The van der Waals surface area contributed by atoms with Crippen LogP contribution in [0.4, 0.5) is 0 Å². The van der Waals surface area contributed by atoms with Gasteiger partial charge in [-0.2, -0.15) is 0 Å². The van der Waals surface area contributed by atoms with Crippen molar-refractivity contribution < 1.29 is 4.52 Å². The van der Waals surface area contributed by atoms with E-state index in [-0.39, 0.29) is 0 Å². The molecule has 23 heavy (non-hydrogen) atoms. The highest BCUT2D eigenvalue weighted by atomic mass is 16.5. The van der Waals surface area contributed by atoms with Crippen molar-refractivity contribution in [1.82, 2.24) is 15.0 Å². The quantitative estimate of drug-likeness (QED) is 0.728. The third-order valence-corrected chi connectivity index (χ3v) is 4.81. The summed E-state index contributed by atoms with van der Waals surface area (Å²) in [7, 11) is 0. The number of aromatic nitrogens is 2. The third kappa shape index (κ3) is 2.63. The average molecular weight is 307 g/mol. The Bertz CT molecular complexity index is 820. The maximum atomic E-state index is 5.37. The van der Waals surface area contributed by atoms with Gasteiger partial charge in [0.05, 0.1) is 16.9 Å². The summed E-state index contributed by atoms with van der Waals surface area (Å²) in [5.41, 5.74) is 4.48. The normalized spacial score (nSPS) is 18.8. The molecule has 1 unspecified atom stereocenters. The number of likely N-dealkylation sites (tertiary alicyclic amines) is 1. The van der Waals surface area contributed by atoms with E-state index < -0.39 is 0 Å². The van der Waals surface area contributed by atoms with Gasteiger partial charge in [0, 0.05) is 23.5 Å². The number of aryl methyl sites for hydroxylation is 2. The van der Waals surface area contributed by atoms with Crippen LogP contribution in [0.15, 0.2) is 40.9 Å². The number of para-hydroxylation sites is 1. The van der Waals surface area contributed by atoms with E-state index in [1.807, 2.05) is 19.9 Å². The van der Waals surface area contributed by atoms with Gasteiger partial charge in [-0.3, -0.25) is 9.88 Å². The molecule has 0 radical (unpaired) electrons. The summed E-state index contributed by atoms with van der Waals surface area (Å²) in [6, 6.07) is 13.0. The molecule has 1 atom stereocenters. The minimum atomic E-state index is 0.398. The first kappa shape index (κ1) is 14.4. The maximum Gasteiger partial charge on any atom is 0.138 e. The molecule has 1 aromatic carbocycles. The highest BCUT2D eigenvalue weighted by Crippen LogP contribution is 2.36. The molecule has 1 aliphatic rings. The molecule has 3 aromatic rings. The molecule has 3 heterocycles. The van der Waals surface area contributed by atoms with E-state index in [0.717, 1.165) is 42.2 Å². The standard InChI is InChI=1S/C19H21N3O/c1-13-19(14(2)23-21-13)18-8-5-11-22(18)12-16-10-9-15-6-3-4-7-17(15)20-16/h3-4,6-7,9-10,18H,5,8,11-12H2,1-2H3. The number of pyridine rings is 1. The molecule has 118 valence electrons. The van der Waals surface area contributed by atoms with Crippen molar-refractivity contribution in [1.29, 1.82) is 0 Å². The smallest absolute Gasteiger partial charge is 0.138 e. The van der Waals surface area contributed by atoms with Crippen LogP contribution < -0.4 is 0 Å². The van der Waals surface area contributed by atoms with Crippen LogP contribution in [0.3, 0.4) is 0 Å². The molecule has 0 bridgehead atoms. The van der Waals surface area contributed by atoms with Crippen LogP contribution in [0.2, 0.25) is 0 Å². The topological polar surface area (TPSA) is 42.2 Å². The molecule has 4 nitrogen and oxygen atoms in total. The van der Waals surface area contributed by atoms with Gasteiger partial charge in [-0.15, -0.1) is 0 Å². The second-order valence-electron chi connectivity index (χ2n) is 6.36. The number of fused-ring (bicyclic) bond motifs is 1. The molecule has 1 aliphatic heterocycles. The van der Waals surface area contributed by atoms with Crippen LogP contribution in [0.25, 0.3) is 10.9 Å². The molecule has 0 aliphatic carbocycles. The Labute approximate surface area is 136 Å². The van der Waals surface area contributed by atoms with Gasteiger partial charge in [0.25, 0.3) is 0 Å². The fourth-order valence-electron chi connectivity index (χ4n) is 3.71. The summed E-state index contributed by atoms with van der Waals surface area (Å²) < 4.78 is 5.37. The van der Waals surface area contributed by atoms with Crippen LogP contribution in [-0.2, 0) is 6.54 Å². The van der Waals surface area contributed by atoms with Gasteiger partial charge in [-0.1, -0.05) is 29.4 Å². The van der Waals surface area contributed by atoms with Gasteiger partial charge < -0.3 is 4.52 Å². The Morgan fingerprint density at radius 3 is 2.87 bits per heavy atom. The molecular weight excluding hydrogens is 286 g/mol. The lowest BCUT2D eigenvalue weighted by atomic mass is 10.0. The van der Waals surface area contributed by atoms with Gasteiger partial charge in [0.15, 0.2) is 0 Å². The minimum absolute atomic E-state index is 0.398. The lowest BCUT2D eigenvalue weighted by molar-refractivity contribution is 0.243. The van der Waals surface area contributed by atoms with E-state index in [9.17, 15) is 0 Å². The molecule has 0 amide bonds. The van der Waals surface area contributed by atoms with E-state index in [2.05, 4.69) is 40.4 Å². The Kier molecular flexibility index (Phi) is 3.62. The van der Waals surface area contributed by atoms with Crippen molar-refractivity contribution in [3.63, 3.8) is 0 Å². The van der Waals surface area contributed by atoms with Crippen LogP contribution in [0.1, 0.15) is 41.6 Å². The fraction of sp³-hybridized carbons (Fsp3) is 0.368. The van der Waals surface area contributed by atoms with E-state index in [4.69, 9.17) is 9.51 Å². The van der Waals surface area contributed by atoms with Crippen molar-refractivity contribution in [3.8, 4) is 0 Å². The summed E-state index contributed by atoms with van der Waals surface area (Å²) in [6.07, 6.45) is 2.37. The van der Waals surface area contributed by atoms with E-state index in [0.29, 0.717) is 6.04 Å². The van der Waals surface area contributed by atoms with Crippen LogP contribution in [-0.4, -0.2) is 21.6 Å². The molecule has 1 fully saturated rings. The Morgan fingerprint density at radius 2 is 2.04 bits per heavy atom. The molecule has 0 N–H and O–H groups in total. The van der Waals surface area contributed by atoms with Crippen LogP contribution in [0, 0.1) is 13.8 Å². The maximum absolute atomic E-state index is 5.37. The molecule has 4 rings (SSSR count). The van der Waals surface area contributed by atoms with Gasteiger partial charge in [0.2, 0.25) is 0 Å². The van der Waals surface area contributed by atoms with Crippen molar-refractivity contribution in [2.24, 2.45) is 0 Å². The number of benzene rings is 1. The zero-order chi connectivity index (χ0) is 15.8. The van der Waals surface area contributed by atoms with Crippen molar-refractivity contribution >= 4 is 10.9 Å². The molecule has 2 aromatic heterocycles. The fourth-order valence-corrected chi connectivity index (χ4v) is 3.71. The summed E-state index contributed by atoms with van der Waals surface area (Å²) in [5.74, 6) is 0.950. The number of hydrogen-bond acceptors (Lipinski definition) is 4. The third-order valence-electron chi connectivity index (χ3n) is 4.81. The monoisotopic (exact) mass is 307 g/mol. The summed E-state index contributed by atoms with van der Waals surface area (Å²) in [4.78, 5) is 7.32. The lowest BCUT2D eigenvalue weighted by Crippen LogP contribution is -2.24. The molecule has 4 heteroatoms. The average Bonchev–Trinajstić information content (AvgIpc) is 3.13. The lowest BCUT2D eigenvalue weighted by Gasteiger charge is -2.24. The molecule has 0 spiro atoms. The summed E-state index contributed by atoms with van der Waals surface area (Å²) in [6.45, 7) is 6.03. The van der Waals surface area contributed by atoms with Gasteiger partial charge in [-0.25, -0.2) is 0 Å². The Hall–Kier alpha value is -2.20. The molecule has 1 saturated heterocycles. The molecular formula is C19H21N3O. The summed E-state index contributed by atoms with van der Waals surface area (Å²) in [5, 5.41) is 5.32. The van der Waals surface area contributed by atoms with E-state index in [1.54, 1.807) is 0 Å². The SMILES string of the molecule is Cc1noc(C)c1C1CCCN1Cc1ccc2ccccc2n1. The van der Waals surface area contributed by atoms with E-state index >= 15 is 0 Å². The Balaban J connectivity index is 1.61. The highest BCUT2D eigenvalue weighted by molar-refractivity contribution is 5.78. The predicted octanol–water partition coefficient (Wildman–Crippen LogP) is 4.18. The number of hydrogen-bond donors (Lipinski definition) is 0. The Morgan fingerprint density at radius 1 is 1.17 bits per heavy atom. The van der Waals surface area contributed by atoms with Crippen LogP contribution in [0.5, 0.6) is 0 Å². The van der Waals surface area contributed by atoms with Crippen molar-refractivity contribution in [2.45, 2.75) is 39.3 Å². The number of rotatable bonds is 3. The van der Waals surface area contributed by atoms with Crippen LogP contribution >= 0.6 is 0 Å². The second-order valence-corrected chi connectivity index (χ2v) is 6.36. The zero-order valence-electron chi connectivity index (χ0n) is 13.6. The first-order valence-electron chi connectivity index (χ1n) is 8.24. The molecule has 0 saturated carbocycles. The predicted molar refractivity (Wildman–Crippen MR) is 90.1 cm³/mol. The highest BCUT2D eigenvalue weighted by Gasteiger charge is 2.30. The van der Waals surface area contributed by atoms with Gasteiger partial charge >= 0.3 is 0 Å². The van der Waals surface area contributed by atoms with Gasteiger partial charge in [-0.05, 0) is 45.4 Å². The van der Waals surface area contributed by atoms with Gasteiger partial charge in [0.1, 0.15) is 5.76 Å². The van der Waals surface area contributed by atoms with E-state index in [1.165, 1.54) is 17.4 Å². The largest absolute Gasteiger partial charge is 0.361 e. The minimum Gasteiger partial charge on any atom is -0.361 e. The first-order valence-corrected chi connectivity index (χ1v) is 8.24.